The van der Waals surface area contributed by atoms with Crippen LogP contribution in [0.15, 0.2) is 24.3 Å². The highest BCUT2D eigenvalue weighted by Gasteiger charge is 2.19. The number of carbonyl (C=O) groups is 1. The zero-order chi connectivity index (χ0) is 14.8. The van der Waals surface area contributed by atoms with E-state index in [0.29, 0.717) is 0 Å². The molecule has 1 rings (SSSR count). The van der Waals surface area contributed by atoms with Crippen LogP contribution >= 0.6 is 0 Å². The summed E-state index contributed by atoms with van der Waals surface area (Å²) in [6.07, 6.45) is 2.85. The number of aliphatic carboxylic acids is 1. The molecule has 0 saturated carbocycles. The van der Waals surface area contributed by atoms with Gasteiger partial charge in [0.25, 0.3) is 0 Å². The molecule has 0 bridgehead atoms. The molecule has 2 nitrogen and oxygen atoms in total. The molecule has 0 aliphatic heterocycles. The van der Waals surface area contributed by atoms with E-state index in [1.54, 1.807) is 6.08 Å². The van der Waals surface area contributed by atoms with E-state index in [2.05, 4.69) is 59.7 Å². The average Bonchev–Trinajstić information content (AvgIpc) is 2.23. The van der Waals surface area contributed by atoms with Crippen LogP contribution in [0.2, 0.25) is 0 Å². The minimum atomic E-state index is -0.918. The Morgan fingerprint density at radius 3 is 1.68 bits per heavy atom. The summed E-state index contributed by atoms with van der Waals surface area (Å²) in [4.78, 5) is 10.6. The van der Waals surface area contributed by atoms with E-state index in [0.717, 1.165) is 5.56 Å². The predicted molar refractivity (Wildman–Crippen MR) is 80.5 cm³/mol. The molecular weight excluding hydrogens is 236 g/mol. The van der Waals surface area contributed by atoms with Crippen molar-refractivity contribution in [1.29, 1.82) is 0 Å². The quantitative estimate of drug-likeness (QED) is 0.801. The monoisotopic (exact) mass is 260 g/mol. The van der Waals surface area contributed by atoms with Crippen molar-refractivity contribution in [2.75, 3.05) is 0 Å². The Hall–Kier alpha value is -1.57. The molecule has 0 amide bonds. The molecule has 0 heterocycles. The lowest BCUT2D eigenvalue weighted by Gasteiger charge is -2.25. The number of carboxylic acid groups (broad SMARTS) is 1. The van der Waals surface area contributed by atoms with Crippen molar-refractivity contribution in [3.63, 3.8) is 0 Å². The summed E-state index contributed by atoms with van der Waals surface area (Å²) in [5.41, 5.74) is 3.50. The maximum absolute atomic E-state index is 10.6. The first-order valence-corrected chi connectivity index (χ1v) is 6.57. The maximum atomic E-state index is 10.6. The van der Waals surface area contributed by atoms with Crippen LogP contribution < -0.4 is 0 Å². The van der Waals surface area contributed by atoms with Crippen molar-refractivity contribution >= 4 is 12.0 Å². The summed E-state index contributed by atoms with van der Waals surface area (Å²) in [6, 6.07) is 6.35. The Bertz CT molecular complexity index is 465. The average molecular weight is 260 g/mol. The fourth-order valence-electron chi connectivity index (χ4n) is 1.78. The van der Waals surface area contributed by atoms with Crippen LogP contribution in [0.3, 0.4) is 0 Å². The summed E-state index contributed by atoms with van der Waals surface area (Å²) in [5.74, 6) is -0.918. The third-order valence-corrected chi connectivity index (χ3v) is 3.11. The normalized spacial score (nSPS) is 12.9. The lowest BCUT2D eigenvalue weighted by molar-refractivity contribution is -0.131. The van der Waals surface area contributed by atoms with Crippen molar-refractivity contribution < 1.29 is 9.90 Å². The first-order chi connectivity index (χ1) is 8.50. The van der Waals surface area contributed by atoms with Crippen LogP contribution in [0, 0.1) is 0 Å². The van der Waals surface area contributed by atoms with Crippen LogP contribution in [0.5, 0.6) is 0 Å². The second kappa shape index (κ2) is 5.20. The molecule has 104 valence electrons. The fourth-order valence-corrected chi connectivity index (χ4v) is 1.78. The first kappa shape index (κ1) is 15.5. The molecule has 0 aliphatic rings. The minimum Gasteiger partial charge on any atom is -0.478 e. The maximum Gasteiger partial charge on any atom is 0.328 e. The van der Waals surface area contributed by atoms with Gasteiger partial charge < -0.3 is 5.11 Å². The third-order valence-electron chi connectivity index (χ3n) is 3.11. The number of hydrogen-bond acceptors (Lipinski definition) is 1. The van der Waals surface area contributed by atoms with E-state index in [1.165, 1.54) is 17.2 Å². The Kier molecular flexibility index (Phi) is 4.24. The van der Waals surface area contributed by atoms with Crippen LogP contribution in [0.25, 0.3) is 6.08 Å². The van der Waals surface area contributed by atoms with Gasteiger partial charge in [0.1, 0.15) is 0 Å². The van der Waals surface area contributed by atoms with E-state index in [-0.39, 0.29) is 10.8 Å². The highest BCUT2D eigenvalue weighted by Crippen LogP contribution is 2.30. The molecule has 1 N–H and O–H groups in total. The van der Waals surface area contributed by atoms with Gasteiger partial charge in [-0.2, -0.15) is 0 Å². The Balaban J connectivity index is 3.37. The zero-order valence-corrected chi connectivity index (χ0v) is 12.7. The number of benzene rings is 1. The molecule has 0 radical (unpaired) electrons. The molecule has 0 aromatic heterocycles. The number of hydrogen-bond donors (Lipinski definition) is 1. The molecular formula is C17H24O2. The van der Waals surface area contributed by atoms with Crippen molar-refractivity contribution in [2.24, 2.45) is 0 Å². The molecule has 0 unspecified atom stereocenters. The van der Waals surface area contributed by atoms with Crippen molar-refractivity contribution in [3.8, 4) is 0 Å². The Morgan fingerprint density at radius 1 is 0.947 bits per heavy atom. The van der Waals surface area contributed by atoms with Crippen LogP contribution in [-0.4, -0.2) is 11.1 Å². The van der Waals surface area contributed by atoms with Gasteiger partial charge in [-0.1, -0.05) is 59.7 Å². The SMILES string of the molecule is CC(C)(C)c1cc(/C=C\C(=O)O)cc(C(C)(C)C)c1. The molecule has 19 heavy (non-hydrogen) atoms. The zero-order valence-electron chi connectivity index (χ0n) is 12.7. The van der Waals surface area contributed by atoms with Gasteiger partial charge in [0, 0.05) is 6.08 Å². The molecule has 1 aromatic rings. The standard InChI is InChI=1S/C17H24O2/c1-16(2,3)13-9-12(7-8-15(18)19)10-14(11-13)17(4,5)6/h7-11H,1-6H3,(H,18,19)/b8-7-. The van der Waals surface area contributed by atoms with Crippen molar-refractivity contribution in [1.82, 2.24) is 0 Å². The second-order valence-corrected chi connectivity index (χ2v) is 7.02. The van der Waals surface area contributed by atoms with Gasteiger partial charge in [-0.3, -0.25) is 0 Å². The van der Waals surface area contributed by atoms with Gasteiger partial charge in [0.05, 0.1) is 0 Å². The number of rotatable bonds is 2. The number of carboxylic acids is 1. The van der Waals surface area contributed by atoms with Gasteiger partial charge >= 0.3 is 5.97 Å². The molecule has 0 saturated heterocycles. The van der Waals surface area contributed by atoms with Crippen LogP contribution in [0.4, 0.5) is 0 Å². The van der Waals surface area contributed by atoms with Gasteiger partial charge in [-0.05, 0) is 33.6 Å². The molecule has 1 aromatic carbocycles. The Morgan fingerprint density at radius 2 is 1.37 bits per heavy atom. The van der Waals surface area contributed by atoms with Gasteiger partial charge in [0.2, 0.25) is 0 Å². The second-order valence-electron chi connectivity index (χ2n) is 7.02. The van der Waals surface area contributed by atoms with Crippen molar-refractivity contribution in [2.45, 2.75) is 52.4 Å². The summed E-state index contributed by atoms with van der Waals surface area (Å²) in [7, 11) is 0. The summed E-state index contributed by atoms with van der Waals surface area (Å²) in [6.45, 7) is 13.0. The summed E-state index contributed by atoms with van der Waals surface area (Å²) in [5, 5.41) is 8.75. The third kappa shape index (κ3) is 4.55. The highest BCUT2D eigenvalue weighted by molar-refractivity contribution is 5.85. The predicted octanol–water partition coefficient (Wildman–Crippen LogP) is 4.38. The van der Waals surface area contributed by atoms with E-state index >= 15 is 0 Å². The van der Waals surface area contributed by atoms with Gasteiger partial charge in [-0.25, -0.2) is 4.79 Å². The first-order valence-electron chi connectivity index (χ1n) is 6.57. The van der Waals surface area contributed by atoms with Gasteiger partial charge in [-0.15, -0.1) is 0 Å². The minimum absolute atomic E-state index is 0.0487. The van der Waals surface area contributed by atoms with E-state index in [4.69, 9.17) is 5.11 Å². The smallest absolute Gasteiger partial charge is 0.328 e. The summed E-state index contributed by atoms with van der Waals surface area (Å²) < 4.78 is 0. The fraction of sp³-hybridized carbons (Fsp3) is 0.471. The summed E-state index contributed by atoms with van der Waals surface area (Å²) >= 11 is 0. The van der Waals surface area contributed by atoms with Gasteiger partial charge in [0.15, 0.2) is 0 Å². The molecule has 2 heteroatoms. The molecule has 0 aliphatic carbocycles. The Labute approximate surface area is 116 Å². The lowest BCUT2D eigenvalue weighted by Crippen LogP contribution is -2.16. The lowest BCUT2D eigenvalue weighted by atomic mass is 9.79. The van der Waals surface area contributed by atoms with Crippen LogP contribution in [0.1, 0.15) is 58.2 Å². The van der Waals surface area contributed by atoms with E-state index in [1.807, 2.05) is 0 Å². The molecule has 0 spiro atoms. The molecule has 0 fully saturated rings. The largest absolute Gasteiger partial charge is 0.478 e. The molecule has 0 atom stereocenters. The highest BCUT2D eigenvalue weighted by atomic mass is 16.4. The van der Waals surface area contributed by atoms with E-state index < -0.39 is 5.97 Å². The topological polar surface area (TPSA) is 37.3 Å². The van der Waals surface area contributed by atoms with E-state index in [9.17, 15) is 4.79 Å². The van der Waals surface area contributed by atoms with Crippen LogP contribution in [-0.2, 0) is 15.6 Å². The van der Waals surface area contributed by atoms with Crippen molar-refractivity contribution in [3.05, 3.63) is 41.0 Å².